The summed E-state index contributed by atoms with van der Waals surface area (Å²) in [7, 11) is 0. The van der Waals surface area contributed by atoms with E-state index in [1.54, 1.807) is 0 Å². The van der Waals surface area contributed by atoms with Crippen LogP contribution in [0, 0.1) is 11.8 Å². The van der Waals surface area contributed by atoms with Gasteiger partial charge in [-0.05, 0) is 57.2 Å². The smallest absolute Gasteiger partial charge is 0.0197 e. The van der Waals surface area contributed by atoms with E-state index in [1.165, 1.54) is 51.9 Å². The first-order valence-electron chi connectivity index (χ1n) is 7.53. The van der Waals surface area contributed by atoms with Gasteiger partial charge < -0.3 is 10.2 Å². The number of nitrogens with zero attached hydrogens (tertiary/aromatic N) is 1. The van der Waals surface area contributed by atoms with Gasteiger partial charge in [0.1, 0.15) is 0 Å². The third-order valence-electron chi connectivity index (χ3n) is 3.57. The Balaban J connectivity index is 2.27. The second-order valence-electron chi connectivity index (χ2n) is 6.47. The summed E-state index contributed by atoms with van der Waals surface area (Å²) in [5.74, 6) is 1.66. The van der Waals surface area contributed by atoms with Crippen molar-refractivity contribution in [2.45, 2.75) is 59.4 Å². The van der Waals surface area contributed by atoms with E-state index in [2.05, 4.69) is 37.9 Å². The molecule has 1 fully saturated rings. The Hall–Kier alpha value is -0.0800. The molecule has 0 saturated carbocycles. The van der Waals surface area contributed by atoms with E-state index in [-0.39, 0.29) is 0 Å². The van der Waals surface area contributed by atoms with Gasteiger partial charge in [0.25, 0.3) is 0 Å². The van der Waals surface area contributed by atoms with Crippen molar-refractivity contribution in [1.29, 1.82) is 0 Å². The molecule has 0 aromatic heterocycles. The van der Waals surface area contributed by atoms with E-state index < -0.39 is 0 Å². The summed E-state index contributed by atoms with van der Waals surface area (Å²) in [5, 5.41) is 3.70. The van der Waals surface area contributed by atoms with Crippen LogP contribution in [0.25, 0.3) is 0 Å². The van der Waals surface area contributed by atoms with E-state index in [4.69, 9.17) is 0 Å². The van der Waals surface area contributed by atoms with Crippen molar-refractivity contribution in [3.05, 3.63) is 0 Å². The Morgan fingerprint density at radius 1 is 1.18 bits per heavy atom. The van der Waals surface area contributed by atoms with Crippen molar-refractivity contribution >= 4 is 0 Å². The summed E-state index contributed by atoms with van der Waals surface area (Å²) in [4.78, 5) is 2.68. The minimum atomic E-state index is 0.719. The molecule has 2 nitrogen and oxygen atoms in total. The molecule has 17 heavy (non-hydrogen) atoms. The van der Waals surface area contributed by atoms with E-state index in [1.807, 2.05) is 0 Å². The molecule has 102 valence electrons. The largest absolute Gasteiger partial charge is 0.313 e. The molecule has 1 rings (SSSR count). The highest BCUT2D eigenvalue weighted by Crippen LogP contribution is 2.11. The molecule has 1 heterocycles. The zero-order chi connectivity index (χ0) is 12.7. The lowest BCUT2D eigenvalue weighted by Gasteiger charge is -2.25. The molecule has 0 aliphatic carbocycles. The molecule has 0 amide bonds. The van der Waals surface area contributed by atoms with Crippen LogP contribution in [-0.2, 0) is 0 Å². The fourth-order valence-electron chi connectivity index (χ4n) is 2.73. The van der Waals surface area contributed by atoms with Gasteiger partial charge in [0, 0.05) is 12.6 Å². The molecule has 1 unspecified atom stereocenters. The summed E-state index contributed by atoms with van der Waals surface area (Å²) < 4.78 is 0. The zero-order valence-electron chi connectivity index (χ0n) is 12.3. The minimum absolute atomic E-state index is 0.719. The first-order valence-corrected chi connectivity index (χ1v) is 7.53. The van der Waals surface area contributed by atoms with E-state index in [0.717, 1.165) is 17.9 Å². The summed E-state index contributed by atoms with van der Waals surface area (Å²) >= 11 is 0. The van der Waals surface area contributed by atoms with Gasteiger partial charge in [0.2, 0.25) is 0 Å². The summed E-state index contributed by atoms with van der Waals surface area (Å²) in [6.45, 7) is 14.4. The number of hydrogen-bond donors (Lipinski definition) is 1. The molecule has 1 saturated heterocycles. The average Bonchev–Trinajstić information content (AvgIpc) is 2.42. The predicted octanol–water partition coefficient (Wildman–Crippen LogP) is 3.13. The van der Waals surface area contributed by atoms with Crippen molar-refractivity contribution in [1.82, 2.24) is 10.2 Å². The Labute approximate surface area is 108 Å². The summed E-state index contributed by atoms with van der Waals surface area (Å²) in [6, 6.07) is 0.719. The maximum absolute atomic E-state index is 3.70. The van der Waals surface area contributed by atoms with Gasteiger partial charge in [0.05, 0.1) is 0 Å². The van der Waals surface area contributed by atoms with E-state index in [0.29, 0.717) is 0 Å². The van der Waals surface area contributed by atoms with Gasteiger partial charge in [-0.15, -0.1) is 0 Å². The number of nitrogens with one attached hydrogen (secondary N) is 1. The van der Waals surface area contributed by atoms with Crippen molar-refractivity contribution in [3.63, 3.8) is 0 Å². The molecule has 1 atom stereocenters. The number of rotatable bonds is 6. The van der Waals surface area contributed by atoms with Crippen LogP contribution in [0.5, 0.6) is 0 Å². The van der Waals surface area contributed by atoms with Crippen LogP contribution in [0.3, 0.4) is 0 Å². The molecule has 0 aromatic carbocycles. The molecular weight excluding hydrogens is 208 g/mol. The summed E-state index contributed by atoms with van der Waals surface area (Å²) in [5.41, 5.74) is 0. The van der Waals surface area contributed by atoms with Crippen LogP contribution in [0.4, 0.5) is 0 Å². The van der Waals surface area contributed by atoms with Gasteiger partial charge in [-0.1, -0.05) is 27.7 Å². The first kappa shape index (κ1) is 15.0. The second-order valence-corrected chi connectivity index (χ2v) is 6.47. The SMILES string of the molecule is CC(C)CCCN1CCCNC(CC(C)C)C1. The highest BCUT2D eigenvalue weighted by molar-refractivity contribution is 4.77. The Kier molecular flexibility index (Phi) is 7.14. The van der Waals surface area contributed by atoms with Gasteiger partial charge in [-0.3, -0.25) is 0 Å². The fourth-order valence-corrected chi connectivity index (χ4v) is 2.73. The second kappa shape index (κ2) is 8.10. The molecule has 0 aromatic rings. The van der Waals surface area contributed by atoms with Crippen molar-refractivity contribution in [2.24, 2.45) is 11.8 Å². The highest BCUT2D eigenvalue weighted by atomic mass is 15.2. The van der Waals surface area contributed by atoms with E-state index in [9.17, 15) is 0 Å². The van der Waals surface area contributed by atoms with Crippen LogP contribution >= 0.6 is 0 Å². The molecule has 0 radical (unpaired) electrons. The van der Waals surface area contributed by atoms with Gasteiger partial charge in [-0.25, -0.2) is 0 Å². The molecule has 2 heteroatoms. The molecular formula is C15H32N2. The summed E-state index contributed by atoms with van der Waals surface area (Å²) in [6.07, 6.45) is 5.38. The molecule has 0 bridgehead atoms. The minimum Gasteiger partial charge on any atom is -0.313 e. The maximum Gasteiger partial charge on any atom is 0.0197 e. The molecule has 0 spiro atoms. The van der Waals surface area contributed by atoms with Crippen LogP contribution in [0.2, 0.25) is 0 Å². The molecule has 1 aliphatic rings. The normalized spacial score (nSPS) is 23.3. The van der Waals surface area contributed by atoms with Gasteiger partial charge >= 0.3 is 0 Å². The van der Waals surface area contributed by atoms with Crippen LogP contribution in [-0.4, -0.2) is 37.1 Å². The van der Waals surface area contributed by atoms with Crippen LogP contribution in [0.15, 0.2) is 0 Å². The van der Waals surface area contributed by atoms with Crippen molar-refractivity contribution in [3.8, 4) is 0 Å². The molecule has 1 N–H and O–H groups in total. The van der Waals surface area contributed by atoms with Crippen LogP contribution in [0.1, 0.15) is 53.4 Å². The van der Waals surface area contributed by atoms with Gasteiger partial charge in [0.15, 0.2) is 0 Å². The third kappa shape index (κ3) is 7.05. The average molecular weight is 240 g/mol. The topological polar surface area (TPSA) is 15.3 Å². The molecule has 1 aliphatic heterocycles. The highest BCUT2D eigenvalue weighted by Gasteiger charge is 2.18. The van der Waals surface area contributed by atoms with Crippen molar-refractivity contribution in [2.75, 3.05) is 26.2 Å². The first-order chi connectivity index (χ1) is 8.08. The lowest BCUT2D eigenvalue weighted by Crippen LogP contribution is -2.38. The van der Waals surface area contributed by atoms with Crippen molar-refractivity contribution < 1.29 is 0 Å². The predicted molar refractivity (Wildman–Crippen MR) is 76.4 cm³/mol. The Bertz CT molecular complexity index is 189. The monoisotopic (exact) mass is 240 g/mol. The Morgan fingerprint density at radius 3 is 2.59 bits per heavy atom. The van der Waals surface area contributed by atoms with Gasteiger partial charge in [-0.2, -0.15) is 0 Å². The third-order valence-corrected chi connectivity index (χ3v) is 3.57. The quantitative estimate of drug-likeness (QED) is 0.767. The number of hydrogen-bond acceptors (Lipinski definition) is 2. The van der Waals surface area contributed by atoms with E-state index >= 15 is 0 Å². The Morgan fingerprint density at radius 2 is 1.94 bits per heavy atom. The standard InChI is InChI=1S/C15H32N2/c1-13(2)7-5-9-17-10-6-8-16-15(12-17)11-14(3)4/h13-16H,5-12H2,1-4H3. The maximum atomic E-state index is 3.70. The lowest BCUT2D eigenvalue weighted by atomic mass is 10.0. The zero-order valence-corrected chi connectivity index (χ0v) is 12.3. The lowest BCUT2D eigenvalue weighted by molar-refractivity contribution is 0.247. The van der Waals surface area contributed by atoms with Crippen LogP contribution < -0.4 is 5.32 Å². The fraction of sp³-hybridized carbons (Fsp3) is 1.00.